The Morgan fingerprint density at radius 2 is 1.66 bits per heavy atom. The van der Waals surface area contributed by atoms with Crippen LogP contribution in [0.5, 0.6) is 11.5 Å². The molecule has 0 amide bonds. The van der Waals surface area contributed by atoms with Gasteiger partial charge in [0.1, 0.15) is 30.0 Å². The van der Waals surface area contributed by atoms with Gasteiger partial charge in [-0.2, -0.15) is 0 Å². The highest BCUT2D eigenvalue weighted by atomic mass is 35.5. The lowest BCUT2D eigenvalue weighted by Gasteiger charge is -2.27. The second kappa shape index (κ2) is 11.3. The summed E-state index contributed by atoms with van der Waals surface area (Å²) in [6.07, 6.45) is 2.29. The first kappa shape index (κ1) is 27.5. The van der Waals surface area contributed by atoms with Gasteiger partial charge in [0.2, 0.25) is 0 Å². The lowest BCUT2D eigenvalue weighted by molar-refractivity contribution is 0.221. The molecular formula is C25H27Cl3N2O4S. The quantitative estimate of drug-likeness (QED) is 0.268. The maximum atomic E-state index is 11.5. The van der Waals surface area contributed by atoms with Crippen molar-refractivity contribution in [3.8, 4) is 11.5 Å². The van der Waals surface area contributed by atoms with Gasteiger partial charge in [-0.05, 0) is 48.4 Å². The van der Waals surface area contributed by atoms with E-state index in [1.165, 1.54) is 6.20 Å². The smallest absolute Gasteiger partial charge is 0.156 e. The molecule has 0 fully saturated rings. The van der Waals surface area contributed by atoms with Crippen molar-refractivity contribution in [3.63, 3.8) is 0 Å². The van der Waals surface area contributed by atoms with Crippen molar-refractivity contribution in [2.45, 2.75) is 38.0 Å². The summed E-state index contributed by atoms with van der Waals surface area (Å²) in [7, 11) is -3.23. The fraction of sp³-hybridized carbons (Fsp3) is 0.360. The number of aromatic nitrogens is 2. The normalized spacial score (nSPS) is 12.9. The van der Waals surface area contributed by atoms with Gasteiger partial charge < -0.3 is 9.47 Å². The van der Waals surface area contributed by atoms with Crippen LogP contribution in [0.1, 0.15) is 49.5 Å². The Kier molecular flexibility index (Phi) is 8.91. The number of halogens is 3. The number of nitrogens with zero attached hydrogens (tertiary/aromatic N) is 2. The van der Waals surface area contributed by atoms with Crippen molar-refractivity contribution < 1.29 is 17.9 Å². The van der Waals surface area contributed by atoms with E-state index in [4.69, 9.17) is 44.3 Å². The molecule has 35 heavy (non-hydrogen) atoms. The second-order valence-corrected chi connectivity index (χ2v) is 12.0. The van der Waals surface area contributed by atoms with Crippen LogP contribution in [0.15, 0.2) is 48.7 Å². The Balaban J connectivity index is 1.77. The number of hydrogen-bond donors (Lipinski definition) is 0. The molecule has 1 aromatic heterocycles. The summed E-state index contributed by atoms with van der Waals surface area (Å²) in [5, 5.41) is 0.860. The van der Waals surface area contributed by atoms with Crippen molar-refractivity contribution in [1.82, 2.24) is 9.97 Å². The number of benzene rings is 2. The van der Waals surface area contributed by atoms with E-state index in [9.17, 15) is 8.42 Å². The summed E-state index contributed by atoms with van der Waals surface area (Å²) >= 11 is 18.6. The summed E-state index contributed by atoms with van der Waals surface area (Å²) in [6.45, 7) is 6.33. The molecule has 0 radical (unpaired) electrons. The van der Waals surface area contributed by atoms with Gasteiger partial charge in [0.25, 0.3) is 0 Å². The minimum absolute atomic E-state index is 0.217. The molecule has 0 bridgehead atoms. The molecule has 3 aromatic rings. The van der Waals surface area contributed by atoms with Crippen LogP contribution in [0.2, 0.25) is 10.0 Å². The van der Waals surface area contributed by atoms with Gasteiger partial charge >= 0.3 is 0 Å². The van der Waals surface area contributed by atoms with Crippen LogP contribution in [0.25, 0.3) is 0 Å². The van der Waals surface area contributed by atoms with Gasteiger partial charge in [0.15, 0.2) is 15.6 Å². The number of rotatable bonds is 10. The third-order valence-electron chi connectivity index (χ3n) is 5.47. The minimum Gasteiger partial charge on any atom is -0.489 e. The molecule has 0 saturated carbocycles. The van der Waals surface area contributed by atoms with Crippen molar-refractivity contribution in [2.24, 2.45) is 0 Å². The zero-order chi connectivity index (χ0) is 25.8. The average molecular weight is 558 g/mol. The van der Waals surface area contributed by atoms with Crippen molar-refractivity contribution in [2.75, 3.05) is 18.7 Å². The van der Waals surface area contributed by atoms with Crippen LogP contribution in [0.4, 0.5) is 0 Å². The molecule has 0 aliphatic rings. The van der Waals surface area contributed by atoms with E-state index in [2.05, 4.69) is 23.8 Å². The van der Waals surface area contributed by atoms with Crippen molar-refractivity contribution in [3.05, 3.63) is 81.4 Å². The first-order chi connectivity index (χ1) is 16.4. The minimum atomic E-state index is -3.23. The standard InChI is InChI=1S/C25H27Cl3N2O4S/c1-16(22-9-11-29-23(30-22)15-35(4,31)32)34-19-7-5-17(6-8-19)25(2,3)18-13-20(27)24(21(28)14-18)33-12-10-26/h5-9,11,13-14,16H,10,12,15H2,1-4H3/t16-/m0/s1. The molecule has 1 atom stereocenters. The largest absolute Gasteiger partial charge is 0.489 e. The molecule has 0 unspecified atom stereocenters. The highest BCUT2D eigenvalue weighted by Crippen LogP contribution is 2.40. The third-order valence-corrected chi connectivity index (χ3v) is 6.97. The molecule has 0 aliphatic carbocycles. The SMILES string of the molecule is C[C@H](Oc1ccc(C(C)(C)c2cc(Cl)c(OCCCl)c(Cl)c2)cc1)c1ccnc(CS(C)(=O)=O)n1. The first-order valence-corrected chi connectivity index (χ1v) is 14.2. The highest BCUT2D eigenvalue weighted by Gasteiger charge is 2.26. The molecule has 10 heteroatoms. The average Bonchev–Trinajstić information content (AvgIpc) is 2.78. The summed E-state index contributed by atoms with van der Waals surface area (Å²) in [5.41, 5.74) is 2.18. The van der Waals surface area contributed by atoms with E-state index in [1.807, 2.05) is 43.3 Å². The lowest BCUT2D eigenvalue weighted by atomic mass is 9.78. The predicted molar refractivity (Wildman–Crippen MR) is 141 cm³/mol. The predicted octanol–water partition coefficient (Wildman–Crippen LogP) is 6.41. The molecule has 2 aromatic carbocycles. The van der Waals surface area contributed by atoms with Crippen LogP contribution in [0, 0.1) is 0 Å². The fourth-order valence-corrected chi connectivity index (χ4v) is 4.81. The van der Waals surface area contributed by atoms with Crippen molar-refractivity contribution in [1.29, 1.82) is 0 Å². The van der Waals surface area contributed by atoms with Crippen LogP contribution >= 0.6 is 34.8 Å². The molecule has 0 spiro atoms. The van der Waals surface area contributed by atoms with E-state index >= 15 is 0 Å². The Morgan fingerprint density at radius 1 is 1.03 bits per heavy atom. The molecule has 0 N–H and O–H groups in total. The van der Waals surface area contributed by atoms with Crippen LogP contribution in [-0.2, 0) is 21.0 Å². The zero-order valence-electron chi connectivity index (χ0n) is 19.9. The summed E-state index contributed by atoms with van der Waals surface area (Å²) < 4.78 is 34.7. The third kappa shape index (κ3) is 7.23. The molecule has 188 valence electrons. The van der Waals surface area contributed by atoms with Gasteiger partial charge in [-0.15, -0.1) is 11.6 Å². The zero-order valence-corrected chi connectivity index (χ0v) is 23.0. The molecule has 3 rings (SSSR count). The highest BCUT2D eigenvalue weighted by molar-refractivity contribution is 7.89. The van der Waals surface area contributed by atoms with Crippen LogP contribution in [0.3, 0.4) is 0 Å². The Labute approximate surface area is 221 Å². The molecule has 1 heterocycles. The molecule has 6 nitrogen and oxygen atoms in total. The topological polar surface area (TPSA) is 78.4 Å². The second-order valence-electron chi connectivity index (χ2n) is 8.68. The Bertz CT molecular complexity index is 1260. The Morgan fingerprint density at radius 3 is 2.23 bits per heavy atom. The molecular weight excluding hydrogens is 531 g/mol. The maximum Gasteiger partial charge on any atom is 0.156 e. The summed E-state index contributed by atoms with van der Waals surface area (Å²) in [4.78, 5) is 8.37. The van der Waals surface area contributed by atoms with E-state index in [0.29, 0.717) is 39.7 Å². The fourth-order valence-electron chi connectivity index (χ4n) is 3.53. The first-order valence-electron chi connectivity index (χ1n) is 10.9. The maximum absolute atomic E-state index is 11.5. The summed E-state index contributed by atoms with van der Waals surface area (Å²) in [6, 6.07) is 13.1. The van der Waals surface area contributed by atoms with E-state index < -0.39 is 21.4 Å². The number of hydrogen-bond acceptors (Lipinski definition) is 6. The van der Waals surface area contributed by atoms with Gasteiger partial charge in [0.05, 0.1) is 21.6 Å². The van der Waals surface area contributed by atoms with E-state index in [-0.39, 0.29) is 11.6 Å². The number of sulfone groups is 1. The van der Waals surface area contributed by atoms with Crippen LogP contribution in [-0.4, -0.2) is 37.1 Å². The van der Waals surface area contributed by atoms with Gasteiger partial charge in [0, 0.05) is 17.9 Å². The van der Waals surface area contributed by atoms with E-state index in [1.54, 1.807) is 6.07 Å². The number of alkyl halides is 1. The van der Waals surface area contributed by atoms with Crippen molar-refractivity contribution >= 4 is 44.6 Å². The number of ether oxygens (including phenoxy) is 2. The molecule has 0 aliphatic heterocycles. The lowest BCUT2D eigenvalue weighted by Crippen LogP contribution is -2.19. The van der Waals surface area contributed by atoms with Gasteiger partial charge in [-0.25, -0.2) is 18.4 Å². The van der Waals surface area contributed by atoms with Gasteiger partial charge in [-0.1, -0.05) is 49.2 Å². The van der Waals surface area contributed by atoms with Crippen LogP contribution < -0.4 is 9.47 Å². The van der Waals surface area contributed by atoms with E-state index in [0.717, 1.165) is 17.4 Å². The van der Waals surface area contributed by atoms with Gasteiger partial charge in [-0.3, -0.25) is 0 Å². The summed E-state index contributed by atoms with van der Waals surface area (Å²) in [5.74, 6) is 1.45. The monoisotopic (exact) mass is 556 g/mol. The Hall–Kier alpha value is -2.06. The molecule has 0 saturated heterocycles.